The molecular formula is C15H27NO. The summed E-state index contributed by atoms with van der Waals surface area (Å²) in [5.41, 5.74) is 7.26. The maximum atomic E-state index is 10.6. The van der Waals surface area contributed by atoms with Gasteiger partial charge in [0.15, 0.2) is 0 Å². The third kappa shape index (κ3) is 2.06. The zero-order valence-electron chi connectivity index (χ0n) is 11.7. The van der Waals surface area contributed by atoms with Crippen molar-refractivity contribution in [3.05, 3.63) is 11.6 Å². The van der Waals surface area contributed by atoms with Gasteiger partial charge in [0.25, 0.3) is 0 Å². The molecule has 0 unspecified atom stereocenters. The van der Waals surface area contributed by atoms with E-state index in [1.807, 2.05) is 6.92 Å². The van der Waals surface area contributed by atoms with Crippen molar-refractivity contribution in [3.63, 3.8) is 0 Å². The Bertz CT molecular complexity index is 332. The molecule has 0 aromatic heterocycles. The topological polar surface area (TPSA) is 46.2 Å². The third-order valence-electron chi connectivity index (χ3n) is 5.09. The quantitative estimate of drug-likeness (QED) is 0.689. The molecule has 2 heteroatoms. The van der Waals surface area contributed by atoms with Gasteiger partial charge in [-0.1, -0.05) is 25.5 Å². The fourth-order valence-corrected chi connectivity index (χ4v) is 4.22. The highest BCUT2D eigenvalue weighted by molar-refractivity contribution is 5.25. The smallest absolute Gasteiger partial charge is 0.0668 e. The maximum absolute atomic E-state index is 10.6. The molecule has 0 amide bonds. The van der Waals surface area contributed by atoms with Gasteiger partial charge in [-0.05, 0) is 51.4 Å². The van der Waals surface area contributed by atoms with Gasteiger partial charge in [0.2, 0.25) is 0 Å². The highest BCUT2D eigenvalue weighted by Crippen LogP contribution is 2.50. The molecule has 2 rings (SSSR count). The molecule has 0 aromatic rings. The van der Waals surface area contributed by atoms with Crippen LogP contribution in [-0.2, 0) is 0 Å². The van der Waals surface area contributed by atoms with Crippen molar-refractivity contribution in [3.8, 4) is 0 Å². The molecule has 0 saturated heterocycles. The van der Waals surface area contributed by atoms with Gasteiger partial charge in [0.1, 0.15) is 0 Å². The van der Waals surface area contributed by atoms with E-state index in [9.17, 15) is 5.11 Å². The van der Waals surface area contributed by atoms with Crippen LogP contribution in [-0.4, -0.2) is 16.2 Å². The van der Waals surface area contributed by atoms with Crippen molar-refractivity contribution in [2.24, 2.45) is 23.5 Å². The molecule has 17 heavy (non-hydrogen) atoms. The Kier molecular flexibility index (Phi) is 3.16. The van der Waals surface area contributed by atoms with Gasteiger partial charge < -0.3 is 10.8 Å². The summed E-state index contributed by atoms with van der Waals surface area (Å²) in [5.74, 6) is 1.31. The Hall–Kier alpha value is -0.340. The second-order valence-corrected chi connectivity index (χ2v) is 6.83. The van der Waals surface area contributed by atoms with E-state index >= 15 is 0 Å². The van der Waals surface area contributed by atoms with Gasteiger partial charge in [-0.2, -0.15) is 0 Å². The molecule has 0 aliphatic heterocycles. The van der Waals surface area contributed by atoms with Gasteiger partial charge in [-0.25, -0.2) is 0 Å². The maximum Gasteiger partial charge on any atom is 0.0668 e. The van der Waals surface area contributed by atoms with Gasteiger partial charge in [-0.3, -0.25) is 0 Å². The van der Waals surface area contributed by atoms with E-state index in [1.165, 1.54) is 5.57 Å². The summed E-state index contributed by atoms with van der Waals surface area (Å²) in [6.07, 6.45) is 6.33. The minimum absolute atomic E-state index is 0.222. The molecule has 0 spiro atoms. The van der Waals surface area contributed by atoms with Crippen molar-refractivity contribution >= 4 is 0 Å². The minimum atomic E-state index is -0.586. The largest absolute Gasteiger partial charge is 0.390 e. The second kappa shape index (κ2) is 4.10. The predicted molar refractivity (Wildman–Crippen MR) is 71.6 cm³/mol. The second-order valence-electron chi connectivity index (χ2n) is 6.83. The van der Waals surface area contributed by atoms with Crippen molar-refractivity contribution in [1.82, 2.24) is 0 Å². The molecule has 0 bridgehead atoms. The van der Waals surface area contributed by atoms with E-state index in [1.54, 1.807) is 0 Å². The molecule has 3 N–H and O–H groups in total. The Morgan fingerprint density at radius 1 is 1.41 bits per heavy atom. The Morgan fingerprint density at radius 2 is 2.06 bits per heavy atom. The highest BCUT2D eigenvalue weighted by atomic mass is 16.3. The highest BCUT2D eigenvalue weighted by Gasteiger charge is 2.54. The molecule has 0 heterocycles. The van der Waals surface area contributed by atoms with Crippen LogP contribution in [0.5, 0.6) is 0 Å². The number of nitrogens with two attached hydrogens (primary N) is 1. The monoisotopic (exact) mass is 237 g/mol. The van der Waals surface area contributed by atoms with E-state index in [2.05, 4.69) is 26.8 Å². The van der Waals surface area contributed by atoms with Gasteiger partial charge in [0.05, 0.1) is 5.60 Å². The molecule has 98 valence electrons. The number of fused-ring (bicyclic) bond motifs is 1. The van der Waals surface area contributed by atoms with Crippen LogP contribution < -0.4 is 5.73 Å². The van der Waals surface area contributed by atoms with Crippen LogP contribution in [0.4, 0.5) is 0 Å². The van der Waals surface area contributed by atoms with Crippen LogP contribution in [0.15, 0.2) is 11.6 Å². The average molecular weight is 237 g/mol. The van der Waals surface area contributed by atoms with Crippen LogP contribution in [0.25, 0.3) is 0 Å². The molecule has 0 aromatic carbocycles. The van der Waals surface area contributed by atoms with Crippen LogP contribution in [0.1, 0.15) is 53.4 Å². The first-order valence-electron chi connectivity index (χ1n) is 6.97. The lowest BCUT2D eigenvalue weighted by Crippen LogP contribution is -2.64. The Morgan fingerprint density at radius 3 is 2.65 bits per heavy atom. The van der Waals surface area contributed by atoms with Crippen molar-refractivity contribution in [2.45, 2.75) is 64.5 Å². The zero-order chi connectivity index (χ0) is 12.8. The van der Waals surface area contributed by atoms with Crippen LogP contribution in [0.2, 0.25) is 0 Å². The molecule has 2 nitrogen and oxygen atoms in total. The van der Waals surface area contributed by atoms with Crippen molar-refractivity contribution in [2.75, 3.05) is 0 Å². The first kappa shape index (κ1) is 13.1. The number of hydrogen-bond acceptors (Lipinski definition) is 2. The Balaban J connectivity index is 2.42. The molecule has 1 fully saturated rings. The number of allylic oxidation sites excluding steroid dienone is 1. The summed E-state index contributed by atoms with van der Waals surface area (Å²) in [4.78, 5) is 0. The first-order chi connectivity index (χ1) is 7.77. The standard InChI is InChI=1S/C15H27NO/c1-10(2)12-7-8-14(4,17)13-6-5-11(3)9-15(12,13)16/h9-10,12-13,17H,5-8,16H2,1-4H3/t12-,13-,14-,15+/m1/s1. The summed E-state index contributed by atoms with van der Waals surface area (Å²) in [6, 6.07) is 0. The fourth-order valence-electron chi connectivity index (χ4n) is 4.22. The van der Waals surface area contributed by atoms with E-state index in [4.69, 9.17) is 5.73 Å². The van der Waals surface area contributed by atoms with E-state index < -0.39 is 5.60 Å². The summed E-state index contributed by atoms with van der Waals surface area (Å²) in [7, 11) is 0. The first-order valence-corrected chi connectivity index (χ1v) is 6.97. The zero-order valence-corrected chi connectivity index (χ0v) is 11.7. The van der Waals surface area contributed by atoms with Crippen LogP contribution >= 0.6 is 0 Å². The molecule has 0 radical (unpaired) electrons. The van der Waals surface area contributed by atoms with Crippen molar-refractivity contribution < 1.29 is 5.11 Å². The normalized spacial score (nSPS) is 46.6. The van der Waals surface area contributed by atoms with Gasteiger partial charge in [0, 0.05) is 11.5 Å². The lowest BCUT2D eigenvalue weighted by atomic mass is 9.54. The van der Waals surface area contributed by atoms with Crippen LogP contribution in [0.3, 0.4) is 0 Å². The summed E-state index contributed by atoms with van der Waals surface area (Å²) in [5, 5.41) is 10.6. The van der Waals surface area contributed by atoms with Gasteiger partial charge in [-0.15, -0.1) is 0 Å². The molecule has 1 saturated carbocycles. The van der Waals surface area contributed by atoms with E-state index in [-0.39, 0.29) is 11.5 Å². The molecule has 2 aliphatic carbocycles. The summed E-state index contributed by atoms with van der Waals surface area (Å²) >= 11 is 0. The minimum Gasteiger partial charge on any atom is -0.390 e. The lowest BCUT2D eigenvalue weighted by Gasteiger charge is -2.55. The van der Waals surface area contributed by atoms with Gasteiger partial charge >= 0.3 is 0 Å². The third-order valence-corrected chi connectivity index (χ3v) is 5.09. The van der Waals surface area contributed by atoms with E-state index in [0.717, 1.165) is 25.7 Å². The summed E-state index contributed by atoms with van der Waals surface area (Å²) < 4.78 is 0. The Labute approximate surface area is 105 Å². The number of rotatable bonds is 1. The number of aliphatic hydroxyl groups is 1. The SMILES string of the molecule is CC1=C[C@]2(N)[C@@H](C(C)C)CC[C@@](C)(O)[C@H]2CC1. The molecule has 2 aliphatic rings. The number of hydrogen-bond donors (Lipinski definition) is 2. The molecular weight excluding hydrogens is 210 g/mol. The predicted octanol–water partition coefficient (Wildman–Crippen LogP) is 2.86. The van der Waals surface area contributed by atoms with E-state index in [0.29, 0.717) is 11.8 Å². The summed E-state index contributed by atoms with van der Waals surface area (Å²) in [6.45, 7) is 8.66. The van der Waals surface area contributed by atoms with Crippen LogP contribution in [0, 0.1) is 17.8 Å². The van der Waals surface area contributed by atoms with Crippen molar-refractivity contribution in [1.29, 1.82) is 0 Å². The fraction of sp³-hybridized carbons (Fsp3) is 0.867. The average Bonchev–Trinajstić information content (AvgIpc) is 2.14. The lowest BCUT2D eigenvalue weighted by molar-refractivity contribution is -0.0912. The molecule has 4 atom stereocenters.